The maximum atomic E-state index is 3.84. The van der Waals surface area contributed by atoms with Crippen molar-refractivity contribution in [2.24, 2.45) is 0 Å². The predicted octanol–water partition coefficient (Wildman–Crippen LogP) is -0.402. The Labute approximate surface area is 59.5 Å². The molecule has 0 aliphatic carbocycles. The van der Waals surface area contributed by atoms with E-state index in [1.54, 1.807) is 0 Å². The lowest BCUT2D eigenvalue weighted by Gasteiger charge is -1.87. The van der Waals surface area contributed by atoms with Gasteiger partial charge in [0.1, 0.15) is 5.75 Å². The first-order chi connectivity index (χ1) is 4.33. The highest BCUT2D eigenvalue weighted by atomic mass is 32.1. The maximum absolute atomic E-state index is 3.84. The van der Waals surface area contributed by atoms with Gasteiger partial charge in [-0.05, 0) is 19.6 Å². The fourth-order valence-electron chi connectivity index (χ4n) is 0.619. The average molecular weight is 144 g/mol. The van der Waals surface area contributed by atoms with Crippen LogP contribution < -0.4 is 0 Å². The molecular formula is C5H10N3S+. The fraction of sp³-hybridized carbons (Fsp3) is 0.600. The van der Waals surface area contributed by atoms with Crippen molar-refractivity contribution in [2.75, 3.05) is 5.75 Å². The van der Waals surface area contributed by atoms with E-state index >= 15 is 0 Å². The van der Waals surface area contributed by atoms with E-state index in [0.29, 0.717) is 0 Å². The van der Waals surface area contributed by atoms with E-state index in [-0.39, 0.29) is 0 Å². The van der Waals surface area contributed by atoms with Crippen LogP contribution in [-0.2, 0) is 19.2 Å². The van der Waals surface area contributed by atoms with Gasteiger partial charge in [0.15, 0.2) is 0 Å². The van der Waals surface area contributed by atoms with Gasteiger partial charge in [0, 0.05) is 6.20 Å². The Kier molecular flexibility index (Phi) is 2.10. The molecule has 0 radical (unpaired) electrons. The first-order valence-electron chi connectivity index (χ1n) is 2.84. The summed E-state index contributed by atoms with van der Waals surface area (Å²) in [7, 11) is 0. The van der Waals surface area contributed by atoms with Crippen molar-refractivity contribution >= 4 is 12.6 Å². The summed E-state index contributed by atoms with van der Waals surface area (Å²) in [6.45, 7) is 2.81. The van der Waals surface area contributed by atoms with Gasteiger partial charge in [-0.1, -0.05) is 5.21 Å². The zero-order valence-electron chi connectivity index (χ0n) is 5.33. The highest BCUT2D eigenvalue weighted by Crippen LogP contribution is 1.87. The molecule has 0 amide bonds. The average Bonchev–Trinajstić information content (AvgIpc) is 2.17. The van der Waals surface area contributed by atoms with E-state index in [4.69, 9.17) is 0 Å². The molecule has 1 rings (SSSR count). The molecule has 0 saturated heterocycles. The lowest BCUT2D eigenvalue weighted by Crippen LogP contribution is -2.00. The fourth-order valence-corrected chi connectivity index (χ4v) is 0.848. The third-order valence-electron chi connectivity index (χ3n) is 0.994. The monoisotopic (exact) mass is 144 g/mol. The van der Waals surface area contributed by atoms with E-state index in [2.05, 4.69) is 22.9 Å². The summed E-state index contributed by atoms with van der Waals surface area (Å²) in [5.74, 6) is 0.919. The summed E-state index contributed by atoms with van der Waals surface area (Å²) in [6, 6.07) is 0. The molecule has 4 heteroatoms. The van der Waals surface area contributed by atoms with Crippen LogP contribution in [0.4, 0.5) is 0 Å². The van der Waals surface area contributed by atoms with E-state index in [1.165, 1.54) is 0 Å². The third-order valence-corrected chi connectivity index (χ3v) is 1.22. The Hall–Kier alpha value is -0.510. The van der Waals surface area contributed by atoms with Crippen LogP contribution in [0.1, 0.15) is 5.69 Å². The molecule has 0 atom stereocenters. The summed E-state index contributed by atoms with van der Waals surface area (Å²) >= 11 is 3.35. The molecule has 1 aromatic heterocycles. The van der Waals surface area contributed by atoms with Gasteiger partial charge < -0.3 is 0 Å². The van der Waals surface area contributed by atoms with Crippen molar-refractivity contribution in [1.82, 2.24) is 15.0 Å². The molecule has 0 unspecified atom stereocenters. The van der Waals surface area contributed by atoms with Crippen LogP contribution in [0.2, 0.25) is 0 Å². The molecule has 1 aromatic rings. The van der Waals surface area contributed by atoms with Crippen LogP contribution >= 0.6 is 0 Å². The van der Waals surface area contributed by atoms with Gasteiger partial charge in [-0.2, -0.15) is 0 Å². The molecule has 0 bridgehead atoms. The van der Waals surface area contributed by atoms with Gasteiger partial charge in [-0.15, -0.1) is 5.10 Å². The minimum Gasteiger partial charge on any atom is -0.248 e. The zero-order chi connectivity index (χ0) is 6.69. The van der Waals surface area contributed by atoms with Crippen LogP contribution in [0.15, 0.2) is 6.20 Å². The van der Waals surface area contributed by atoms with Crippen molar-refractivity contribution in [3.8, 4) is 0 Å². The molecule has 3 nitrogen and oxygen atoms in total. The van der Waals surface area contributed by atoms with Crippen LogP contribution in [0, 0.1) is 6.92 Å². The van der Waals surface area contributed by atoms with Crippen molar-refractivity contribution < 1.29 is 0 Å². The first-order valence-corrected chi connectivity index (χ1v) is 3.55. The SMILES string of the molecule is Cc1cn(CC[SH2+])nn1. The lowest BCUT2D eigenvalue weighted by atomic mass is 10.6. The van der Waals surface area contributed by atoms with Crippen molar-refractivity contribution in [2.45, 2.75) is 13.5 Å². The molecule has 0 aliphatic heterocycles. The highest BCUT2D eigenvalue weighted by Gasteiger charge is 1.92. The zero-order valence-corrected chi connectivity index (χ0v) is 6.33. The number of aryl methyl sites for hydroxylation is 2. The minimum atomic E-state index is 0.887. The summed E-state index contributed by atoms with van der Waals surface area (Å²) in [4.78, 5) is 0. The Morgan fingerprint density at radius 3 is 3.00 bits per heavy atom. The Morgan fingerprint density at radius 2 is 2.56 bits per heavy atom. The number of rotatable bonds is 2. The summed E-state index contributed by atoms with van der Waals surface area (Å²) < 4.78 is 1.81. The molecule has 0 aliphatic rings. The van der Waals surface area contributed by atoms with Crippen LogP contribution in [-0.4, -0.2) is 20.7 Å². The van der Waals surface area contributed by atoms with Gasteiger partial charge in [-0.3, -0.25) is 0 Å². The van der Waals surface area contributed by atoms with Crippen molar-refractivity contribution in [1.29, 1.82) is 0 Å². The van der Waals surface area contributed by atoms with Gasteiger partial charge in [0.05, 0.1) is 12.2 Å². The topological polar surface area (TPSA) is 30.7 Å². The maximum Gasteiger partial charge on any atom is 0.123 e. The highest BCUT2D eigenvalue weighted by molar-refractivity contribution is 7.58. The largest absolute Gasteiger partial charge is 0.248 e. The predicted molar refractivity (Wildman–Crippen MR) is 39.8 cm³/mol. The summed E-state index contributed by atoms with van der Waals surface area (Å²) in [6.07, 6.45) is 1.92. The lowest BCUT2D eigenvalue weighted by molar-refractivity contribution is 0.633. The minimum absolute atomic E-state index is 0.887. The molecule has 1 heterocycles. The molecule has 50 valence electrons. The van der Waals surface area contributed by atoms with E-state index < -0.39 is 0 Å². The Morgan fingerprint density at radius 1 is 1.78 bits per heavy atom. The third kappa shape index (κ3) is 1.71. The normalized spacial score (nSPS) is 10.0. The molecule has 0 aromatic carbocycles. The standard InChI is InChI=1S/C5H9N3S/c1-5-4-8(2-3-9)7-6-5/h4,9H,2-3H2,1H3/p+1. The van der Waals surface area contributed by atoms with Crippen LogP contribution in [0.3, 0.4) is 0 Å². The molecule has 0 fully saturated rings. The van der Waals surface area contributed by atoms with Gasteiger partial charge in [0.25, 0.3) is 0 Å². The second-order valence-corrected chi connectivity index (χ2v) is 2.37. The second kappa shape index (κ2) is 2.87. The molecular weight excluding hydrogens is 134 g/mol. The Bertz CT molecular complexity index is 184. The van der Waals surface area contributed by atoms with Gasteiger partial charge in [0.2, 0.25) is 0 Å². The number of nitrogens with zero attached hydrogens (tertiary/aromatic N) is 3. The number of hydrogen-bond donors (Lipinski definition) is 0. The first kappa shape index (κ1) is 6.61. The van der Waals surface area contributed by atoms with E-state index in [0.717, 1.165) is 18.0 Å². The molecule has 0 N–H and O–H groups in total. The van der Waals surface area contributed by atoms with Crippen molar-refractivity contribution in [3.05, 3.63) is 11.9 Å². The number of hydrogen-bond acceptors (Lipinski definition) is 2. The van der Waals surface area contributed by atoms with Crippen molar-refractivity contribution in [3.63, 3.8) is 0 Å². The van der Waals surface area contributed by atoms with Crippen LogP contribution in [0.5, 0.6) is 0 Å². The quantitative estimate of drug-likeness (QED) is 0.529. The van der Waals surface area contributed by atoms with Gasteiger partial charge >= 0.3 is 0 Å². The second-order valence-electron chi connectivity index (χ2n) is 1.87. The molecule has 0 saturated carbocycles. The van der Waals surface area contributed by atoms with E-state index in [1.807, 2.05) is 17.8 Å². The van der Waals surface area contributed by atoms with Gasteiger partial charge in [-0.25, -0.2) is 4.68 Å². The summed E-state index contributed by atoms with van der Waals surface area (Å²) in [5.41, 5.74) is 0.968. The van der Waals surface area contributed by atoms with E-state index in [9.17, 15) is 0 Å². The van der Waals surface area contributed by atoms with Crippen LogP contribution in [0.25, 0.3) is 0 Å². The summed E-state index contributed by atoms with van der Waals surface area (Å²) in [5, 5.41) is 7.67. The molecule has 9 heavy (non-hydrogen) atoms. The molecule has 0 spiro atoms. The Balaban J connectivity index is 2.61. The smallest absolute Gasteiger partial charge is 0.123 e. The number of aromatic nitrogens is 3.